The molecule has 0 fully saturated rings. The Balaban J connectivity index is 1.95. The van der Waals surface area contributed by atoms with Crippen LogP contribution in [0.5, 0.6) is 5.75 Å². The Bertz CT molecular complexity index is 1130. The largest absolute Gasteiger partial charge is 0.497 e. The van der Waals surface area contributed by atoms with Gasteiger partial charge in [-0.2, -0.15) is 0 Å². The van der Waals surface area contributed by atoms with Crippen molar-refractivity contribution in [3.8, 4) is 5.75 Å². The normalized spacial score (nSPS) is 11.4. The number of anilines is 1. The molecule has 0 amide bonds. The summed E-state index contributed by atoms with van der Waals surface area (Å²) in [4.78, 5) is 11.4. The van der Waals surface area contributed by atoms with Crippen molar-refractivity contribution in [2.45, 2.75) is 11.8 Å². The Morgan fingerprint density at radius 3 is 2.27 bits per heavy atom. The van der Waals surface area contributed by atoms with Gasteiger partial charge in [0.1, 0.15) is 12.0 Å². The fourth-order valence-electron chi connectivity index (χ4n) is 2.93. The zero-order valence-electron chi connectivity index (χ0n) is 16.9. The lowest BCUT2D eigenvalue weighted by atomic mass is 10.2. The Hall–Kier alpha value is -3.38. The molecule has 154 valence electrons. The van der Waals surface area contributed by atoms with Crippen LogP contribution in [0.4, 0.5) is 5.69 Å². The molecule has 0 aliphatic heterocycles. The fourth-order valence-corrected chi connectivity index (χ4v) is 4.34. The van der Waals surface area contributed by atoms with Crippen LogP contribution in [0.25, 0.3) is 6.08 Å². The van der Waals surface area contributed by atoms with Crippen LogP contribution < -0.4 is 9.04 Å². The lowest BCUT2D eigenvalue weighted by molar-refractivity contribution is 0.112. The quantitative estimate of drug-likeness (QED) is 0.494. The van der Waals surface area contributed by atoms with E-state index in [-0.39, 0.29) is 11.4 Å². The maximum atomic E-state index is 13.4. The zero-order chi connectivity index (χ0) is 21.6. The summed E-state index contributed by atoms with van der Waals surface area (Å²) in [5.74, 6) is 0.751. The van der Waals surface area contributed by atoms with E-state index in [0.717, 1.165) is 16.9 Å². The van der Waals surface area contributed by atoms with Crippen LogP contribution in [0.2, 0.25) is 0 Å². The molecule has 0 saturated carbocycles. The van der Waals surface area contributed by atoms with E-state index in [0.29, 0.717) is 17.5 Å². The van der Waals surface area contributed by atoms with Gasteiger partial charge >= 0.3 is 0 Å². The molecule has 0 aromatic heterocycles. The van der Waals surface area contributed by atoms with Gasteiger partial charge < -0.3 is 4.74 Å². The summed E-state index contributed by atoms with van der Waals surface area (Å²) in [5.41, 5.74) is 2.74. The number of carbonyl (C=O) groups excluding carboxylic acids is 1. The van der Waals surface area contributed by atoms with Gasteiger partial charge in [-0.05, 0) is 48.9 Å². The van der Waals surface area contributed by atoms with Crippen LogP contribution in [0, 0.1) is 6.92 Å². The average molecular weight is 422 g/mol. The molecule has 0 aliphatic rings. The van der Waals surface area contributed by atoms with Crippen molar-refractivity contribution in [2.75, 3.05) is 18.0 Å². The smallest absolute Gasteiger partial charge is 0.264 e. The van der Waals surface area contributed by atoms with Crippen LogP contribution in [0.15, 0.2) is 83.8 Å². The molecule has 0 heterocycles. The number of rotatable bonds is 8. The van der Waals surface area contributed by atoms with Crippen LogP contribution in [-0.2, 0) is 10.0 Å². The second-order valence-electron chi connectivity index (χ2n) is 6.74. The highest BCUT2D eigenvalue weighted by molar-refractivity contribution is 7.92. The maximum absolute atomic E-state index is 13.4. The van der Waals surface area contributed by atoms with E-state index in [9.17, 15) is 13.2 Å². The van der Waals surface area contributed by atoms with E-state index in [1.807, 2.05) is 37.3 Å². The summed E-state index contributed by atoms with van der Waals surface area (Å²) in [5, 5.41) is 0. The molecular weight excluding hydrogens is 398 g/mol. The van der Waals surface area contributed by atoms with Crippen molar-refractivity contribution in [2.24, 2.45) is 0 Å². The SMILES string of the molecule is COc1ccc(/C=C/CN(c2cccc(C=O)c2)S(=O)(=O)c2ccc(C)cc2)cc1. The summed E-state index contributed by atoms with van der Waals surface area (Å²) in [6.45, 7) is 2.02. The topological polar surface area (TPSA) is 63.7 Å². The Labute approximate surface area is 177 Å². The first kappa shape index (κ1) is 21.3. The van der Waals surface area contributed by atoms with Gasteiger partial charge in [-0.1, -0.05) is 54.1 Å². The predicted molar refractivity (Wildman–Crippen MR) is 120 cm³/mol. The third-order valence-corrected chi connectivity index (χ3v) is 6.41. The van der Waals surface area contributed by atoms with Crippen molar-refractivity contribution in [1.82, 2.24) is 0 Å². The number of sulfonamides is 1. The van der Waals surface area contributed by atoms with Gasteiger partial charge in [-0.3, -0.25) is 9.10 Å². The molecule has 3 rings (SSSR count). The lowest BCUT2D eigenvalue weighted by Gasteiger charge is -2.23. The summed E-state index contributed by atoms with van der Waals surface area (Å²) < 4.78 is 33.2. The number of carbonyl (C=O) groups is 1. The molecule has 0 bridgehead atoms. The number of ether oxygens (including phenoxy) is 1. The van der Waals surface area contributed by atoms with Crippen molar-refractivity contribution >= 4 is 28.1 Å². The first-order chi connectivity index (χ1) is 14.4. The van der Waals surface area contributed by atoms with Crippen molar-refractivity contribution in [3.05, 3.63) is 95.6 Å². The molecule has 0 N–H and O–H groups in total. The summed E-state index contributed by atoms with van der Waals surface area (Å²) in [6, 6.07) is 20.7. The second kappa shape index (κ2) is 9.41. The molecule has 30 heavy (non-hydrogen) atoms. The standard InChI is InChI=1S/C24H23NO4S/c1-19-8-14-24(15-9-19)30(27,28)25(22-7-3-5-21(17-22)18-26)16-4-6-20-10-12-23(29-2)13-11-20/h3-15,17-18H,16H2,1-2H3/b6-4+. The molecular formula is C24H23NO4S. The molecule has 5 nitrogen and oxygen atoms in total. The highest BCUT2D eigenvalue weighted by atomic mass is 32.2. The first-order valence-corrected chi connectivity index (χ1v) is 10.8. The first-order valence-electron chi connectivity index (χ1n) is 9.39. The Morgan fingerprint density at radius 1 is 0.933 bits per heavy atom. The zero-order valence-corrected chi connectivity index (χ0v) is 17.7. The molecule has 3 aromatic carbocycles. The van der Waals surface area contributed by atoms with Gasteiger partial charge in [-0.15, -0.1) is 0 Å². The van der Waals surface area contributed by atoms with Gasteiger partial charge in [0.15, 0.2) is 0 Å². The van der Waals surface area contributed by atoms with Crippen LogP contribution in [0.3, 0.4) is 0 Å². The predicted octanol–water partition coefficient (Wildman–Crippen LogP) is 4.72. The number of nitrogens with zero attached hydrogens (tertiary/aromatic N) is 1. The summed E-state index contributed by atoms with van der Waals surface area (Å²) >= 11 is 0. The molecule has 0 spiro atoms. The minimum Gasteiger partial charge on any atom is -0.497 e. The minimum atomic E-state index is -3.81. The molecule has 0 radical (unpaired) electrons. The number of aldehydes is 1. The average Bonchev–Trinajstić information content (AvgIpc) is 2.77. The van der Waals surface area contributed by atoms with Gasteiger partial charge in [0.2, 0.25) is 0 Å². The van der Waals surface area contributed by atoms with E-state index in [2.05, 4.69) is 0 Å². The maximum Gasteiger partial charge on any atom is 0.264 e. The molecule has 0 aliphatic carbocycles. The number of hydrogen-bond donors (Lipinski definition) is 0. The second-order valence-corrected chi connectivity index (χ2v) is 8.60. The number of methoxy groups -OCH3 is 1. The minimum absolute atomic E-state index is 0.116. The van der Waals surface area contributed by atoms with E-state index in [1.165, 1.54) is 4.31 Å². The van der Waals surface area contributed by atoms with E-state index < -0.39 is 10.0 Å². The highest BCUT2D eigenvalue weighted by Crippen LogP contribution is 2.25. The Kier molecular flexibility index (Phi) is 6.69. The Morgan fingerprint density at radius 2 is 1.63 bits per heavy atom. The van der Waals surface area contributed by atoms with Gasteiger partial charge in [0, 0.05) is 5.56 Å². The lowest BCUT2D eigenvalue weighted by Crippen LogP contribution is -2.31. The van der Waals surface area contributed by atoms with Crippen LogP contribution >= 0.6 is 0 Å². The van der Waals surface area contributed by atoms with Crippen molar-refractivity contribution in [3.63, 3.8) is 0 Å². The molecule has 0 atom stereocenters. The van der Waals surface area contributed by atoms with E-state index >= 15 is 0 Å². The molecule has 3 aromatic rings. The number of benzene rings is 3. The highest BCUT2D eigenvalue weighted by Gasteiger charge is 2.24. The fraction of sp³-hybridized carbons (Fsp3) is 0.125. The van der Waals surface area contributed by atoms with Crippen molar-refractivity contribution < 1.29 is 17.9 Å². The third kappa shape index (κ3) is 4.96. The summed E-state index contributed by atoms with van der Waals surface area (Å²) in [7, 11) is -2.21. The van der Waals surface area contributed by atoms with Gasteiger partial charge in [0.05, 0.1) is 24.2 Å². The van der Waals surface area contributed by atoms with Crippen molar-refractivity contribution in [1.29, 1.82) is 0 Å². The van der Waals surface area contributed by atoms with E-state index in [4.69, 9.17) is 4.74 Å². The monoisotopic (exact) mass is 421 g/mol. The van der Waals surface area contributed by atoms with E-state index in [1.54, 1.807) is 61.7 Å². The summed E-state index contributed by atoms with van der Waals surface area (Å²) in [6.07, 6.45) is 4.33. The molecule has 0 unspecified atom stereocenters. The van der Waals surface area contributed by atoms with Gasteiger partial charge in [0.25, 0.3) is 10.0 Å². The van der Waals surface area contributed by atoms with Crippen LogP contribution in [-0.4, -0.2) is 28.4 Å². The number of hydrogen-bond acceptors (Lipinski definition) is 4. The number of aryl methyl sites for hydroxylation is 1. The third-order valence-electron chi connectivity index (χ3n) is 4.60. The molecule has 6 heteroatoms. The van der Waals surface area contributed by atoms with Gasteiger partial charge in [-0.25, -0.2) is 8.42 Å². The molecule has 0 saturated heterocycles. The van der Waals surface area contributed by atoms with Crippen LogP contribution in [0.1, 0.15) is 21.5 Å².